The Kier molecular flexibility index (Phi) is 7.29. The van der Waals surface area contributed by atoms with E-state index in [1.165, 1.54) is 53.1 Å². The Bertz CT molecular complexity index is 2980. The van der Waals surface area contributed by atoms with Gasteiger partial charge in [-0.2, -0.15) is 0 Å². The van der Waals surface area contributed by atoms with Crippen LogP contribution in [-0.2, 0) is 0 Å². The molecule has 0 saturated carbocycles. The molecule has 0 radical (unpaired) electrons. The second kappa shape index (κ2) is 12.3. The van der Waals surface area contributed by atoms with Crippen LogP contribution in [0, 0.1) is 0 Å². The Morgan fingerprint density at radius 1 is 0.451 bits per heavy atom. The van der Waals surface area contributed by atoms with E-state index in [0.717, 1.165) is 35.6 Å². The molecule has 7 aromatic carbocycles. The third-order valence-electron chi connectivity index (χ3n) is 9.61. The standard InChI is InChI=1S/C46H30IN3S/c1-47-44(31-15-6-3-7-16-31)48-46(49-45(47)33-23-25-38-37-20-9-11-22-42(37)51-43(38)29-33)34-17-12-18-35(27-34)50-40-21-10-8-19-36(40)39-28-32(24-26-41(39)50)30-13-4-2-5-14-30/h2-29H,1H2. The number of hydrogen-bond acceptors (Lipinski definition) is 3. The van der Waals surface area contributed by atoms with E-state index in [1.807, 2.05) is 11.3 Å². The zero-order chi connectivity index (χ0) is 33.9. The Balaban J connectivity index is 1.14. The fraction of sp³-hybridized carbons (Fsp3) is 0. The van der Waals surface area contributed by atoms with Crippen molar-refractivity contribution in [2.24, 2.45) is 9.98 Å². The number of amidine groups is 1. The molecule has 3 nitrogen and oxygen atoms in total. The molecule has 0 spiro atoms. The van der Waals surface area contributed by atoms with Crippen LogP contribution < -0.4 is 0 Å². The van der Waals surface area contributed by atoms with E-state index < -0.39 is 18.9 Å². The lowest BCUT2D eigenvalue weighted by Gasteiger charge is -2.17. The number of fused-ring (bicyclic) bond motifs is 6. The molecule has 3 heterocycles. The van der Waals surface area contributed by atoms with Gasteiger partial charge in [0, 0.05) is 53.3 Å². The van der Waals surface area contributed by atoms with E-state index in [9.17, 15) is 0 Å². The normalized spacial score (nSPS) is 13.7. The minimum atomic E-state index is -2.21. The van der Waals surface area contributed by atoms with E-state index in [4.69, 9.17) is 14.5 Å². The van der Waals surface area contributed by atoms with Crippen molar-refractivity contribution in [3.8, 4) is 16.8 Å². The molecular weight excluding hydrogens is 753 g/mol. The van der Waals surface area contributed by atoms with Gasteiger partial charge in [-0.05, 0) is 53.6 Å². The molecule has 0 N–H and O–H groups in total. The van der Waals surface area contributed by atoms with Gasteiger partial charge in [-0.15, -0.1) is 11.3 Å². The van der Waals surface area contributed by atoms with Crippen molar-refractivity contribution in [1.82, 2.24) is 4.57 Å². The molecular formula is C46H30IN3S. The summed E-state index contributed by atoms with van der Waals surface area (Å²) in [6, 6.07) is 60.8. The number of halogens is 1. The zero-order valence-electron chi connectivity index (χ0n) is 27.5. The highest BCUT2D eigenvalue weighted by atomic mass is 127. The van der Waals surface area contributed by atoms with Crippen LogP contribution in [0.2, 0.25) is 0 Å². The molecule has 0 fully saturated rings. The maximum atomic E-state index is 5.38. The number of rotatable bonds is 5. The summed E-state index contributed by atoms with van der Waals surface area (Å²) in [5.74, 6) is 0.728. The molecule has 51 heavy (non-hydrogen) atoms. The van der Waals surface area contributed by atoms with Gasteiger partial charge < -0.3 is 4.57 Å². The third-order valence-corrected chi connectivity index (χ3v) is 14.9. The van der Waals surface area contributed by atoms with Crippen molar-refractivity contribution in [3.63, 3.8) is 0 Å². The molecule has 0 saturated heterocycles. The van der Waals surface area contributed by atoms with E-state index in [0.29, 0.717) is 0 Å². The Morgan fingerprint density at radius 2 is 1.12 bits per heavy atom. The van der Waals surface area contributed by atoms with E-state index in [1.54, 1.807) is 0 Å². The molecule has 0 amide bonds. The first-order chi connectivity index (χ1) is 25.2. The van der Waals surface area contributed by atoms with Gasteiger partial charge in [0.1, 0.15) is 7.35 Å². The highest BCUT2D eigenvalue weighted by molar-refractivity contribution is 14.2. The summed E-state index contributed by atoms with van der Waals surface area (Å²) in [6.07, 6.45) is 0. The monoisotopic (exact) mass is 783 g/mol. The molecule has 1 aliphatic rings. The average Bonchev–Trinajstić information content (AvgIpc) is 3.74. The molecule has 2 aromatic heterocycles. The summed E-state index contributed by atoms with van der Waals surface area (Å²) in [5.41, 5.74) is 9.09. The fourth-order valence-corrected chi connectivity index (χ4v) is 12.1. The molecule has 0 bridgehead atoms. The lowest BCUT2D eigenvalue weighted by Crippen LogP contribution is -2.13. The van der Waals surface area contributed by atoms with Crippen molar-refractivity contribution in [3.05, 3.63) is 187 Å². The summed E-state index contributed by atoms with van der Waals surface area (Å²) in [6.45, 7) is 0. The highest BCUT2D eigenvalue weighted by Gasteiger charge is 2.20. The molecule has 0 aliphatic carbocycles. The number of aliphatic imine (C=N–C) groups is 2. The fourth-order valence-electron chi connectivity index (χ4n) is 7.19. The minimum Gasteiger partial charge on any atom is -0.309 e. The van der Waals surface area contributed by atoms with E-state index in [2.05, 4.69) is 174 Å². The van der Waals surface area contributed by atoms with Crippen molar-refractivity contribution in [1.29, 1.82) is 0 Å². The van der Waals surface area contributed by atoms with Crippen molar-refractivity contribution >= 4 is 89.9 Å². The first-order valence-corrected chi connectivity index (χ1v) is 21.4. The largest absolute Gasteiger partial charge is 0.309 e. The molecule has 0 unspecified atom stereocenters. The molecule has 9 aromatic rings. The van der Waals surface area contributed by atoms with Crippen LogP contribution in [-0.4, -0.2) is 22.3 Å². The predicted octanol–water partition coefficient (Wildman–Crippen LogP) is 12.1. The molecule has 0 atom stereocenters. The second-order valence-electron chi connectivity index (χ2n) is 12.7. The smallest absolute Gasteiger partial charge is 0.161 e. The van der Waals surface area contributed by atoms with Gasteiger partial charge in [0.25, 0.3) is 0 Å². The predicted molar refractivity (Wildman–Crippen MR) is 230 cm³/mol. The summed E-state index contributed by atoms with van der Waals surface area (Å²) in [5, 5.41) is 5.05. The zero-order valence-corrected chi connectivity index (χ0v) is 30.5. The highest BCUT2D eigenvalue weighted by Crippen LogP contribution is 2.38. The van der Waals surface area contributed by atoms with Crippen LogP contribution >= 0.6 is 30.2 Å². The van der Waals surface area contributed by atoms with Gasteiger partial charge in [0.05, 0.1) is 11.0 Å². The van der Waals surface area contributed by atoms with Crippen LogP contribution in [0.3, 0.4) is 0 Å². The van der Waals surface area contributed by atoms with Gasteiger partial charge >= 0.3 is 0 Å². The van der Waals surface area contributed by atoms with Gasteiger partial charge in [-0.25, -0.2) is 9.98 Å². The Labute approximate surface area is 305 Å². The van der Waals surface area contributed by atoms with Crippen LogP contribution in [0.15, 0.2) is 180 Å². The molecule has 1 aliphatic heterocycles. The third kappa shape index (κ3) is 5.15. The lowest BCUT2D eigenvalue weighted by atomic mass is 10.0. The van der Waals surface area contributed by atoms with Crippen LogP contribution in [0.25, 0.3) is 58.8 Å². The summed E-state index contributed by atoms with van der Waals surface area (Å²) in [4.78, 5) is 10.7. The van der Waals surface area contributed by atoms with E-state index in [-0.39, 0.29) is 0 Å². The first kappa shape index (κ1) is 30.2. The molecule has 10 rings (SSSR count). The quantitative estimate of drug-likeness (QED) is 0.156. The number of benzene rings is 7. The number of aromatic nitrogens is 1. The SMILES string of the molecule is C=I1=C(c2ccc3c(c2)sc2ccccc23)N=C(c2cccc(-n3c4ccccc4c4cc(-c5ccccc5)ccc43)c2)N=C1c1ccccc1. The minimum absolute atomic E-state index is 0.728. The summed E-state index contributed by atoms with van der Waals surface area (Å²) >= 11 is -0.372. The maximum Gasteiger partial charge on any atom is 0.161 e. The number of nitrogens with zero attached hydrogens (tertiary/aromatic N) is 3. The van der Waals surface area contributed by atoms with Gasteiger partial charge in [0.2, 0.25) is 0 Å². The van der Waals surface area contributed by atoms with Crippen molar-refractivity contribution in [2.45, 2.75) is 0 Å². The number of para-hydroxylation sites is 1. The lowest BCUT2D eigenvalue weighted by molar-refractivity contribution is 1.18. The van der Waals surface area contributed by atoms with Crippen molar-refractivity contribution < 1.29 is 0 Å². The molecule has 242 valence electrons. The van der Waals surface area contributed by atoms with E-state index >= 15 is 0 Å². The average molecular weight is 784 g/mol. The Morgan fingerprint density at radius 3 is 1.96 bits per heavy atom. The van der Waals surface area contributed by atoms with Crippen molar-refractivity contribution in [2.75, 3.05) is 0 Å². The van der Waals surface area contributed by atoms with Gasteiger partial charge in [-0.3, -0.25) is 0 Å². The van der Waals surface area contributed by atoms with Crippen LogP contribution in [0.1, 0.15) is 16.7 Å². The van der Waals surface area contributed by atoms with Crippen LogP contribution in [0.4, 0.5) is 0 Å². The second-order valence-corrected chi connectivity index (χ2v) is 17.9. The summed E-state index contributed by atoms with van der Waals surface area (Å²) < 4.78 is 11.9. The summed E-state index contributed by atoms with van der Waals surface area (Å²) in [7, 11) is 0. The first-order valence-electron chi connectivity index (χ1n) is 16.9. The molecule has 5 heteroatoms. The maximum absolute atomic E-state index is 5.38. The van der Waals surface area contributed by atoms with Gasteiger partial charge in [-0.1, -0.05) is 151 Å². The van der Waals surface area contributed by atoms with Crippen LogP contribution in [0.5, 0.6) is 0 Å². The topological polar surface area (TPSA) is 29.6 Å². The van der Waals surface area contributed by atoms with Gasteiger partial charge in [0.15, 0.2) is 5.84 Å². The number of hydrogen-bond donors (Lipinski definition) is 0. The number of thiophene rings is 1. The Hall–Kier alpha value is -5.63.